The SMILES string of the molecule is CCCC1([N+](=O)[O-])COCN(C2CCCCC2)C1.[Cl-]. The molecule has 1 atom stereocenters. The number of halogens is 1. The molecule has 112 valence electrons. The first-order chi connectivity index (χ1) is 8.68. The average Bonchev–Trinajstić information content (AvgIpc) is 2.40. The zero-order valence-electron chi connectivity index (χ0n) is 11.6. The zero-order chi connectivity index (χ0) is 13.0. The summed E-state index contributed by atoms with van der Waals surface area (Å²) in [6.45, 7) is 3.42. The Bertz CT molecular complexity index is 294. The Hall–Kier alpha value is -0.390. The Morgan fingerprint density at radius 2 is 2.05 bits per heavy atom. The molecule has 0 bridgehead atoms. The van der Waals surface area contributed by atoms with Crippen LogP contribution in [0.5, 0.6) is 0 Å². The molecule has 2 fully saturated rings. The van der Waals surface area contributed by atoms with Gasteiger partial charge in [-0.3, -0.25) is 15.0 Å². The molecule has 1 saturated heterocycles. The van der Waals surface area contributed by atoms with Gasteiger partial charge in [0.15, 0.2) is 0 Å². The molecule has 0 amide bonds. The third-order valence-corrected chi connectivity index (χ3v) is 4.32. The molecular formula is C13H24ClN2O3-. The second-order valence-corrected chi connectivity index (χ2v) is 5.75. The third kappa shape index (κ3) is 3.80. The van der Waals surface area contributed by atoms with Crippen molar-refractivity contribution in [2.45, 2.75) is 63.5 Å². The number of ether oxygens (including phenoxy) is 1. The molecule has 5 nitrogen and oxygen atoms in total. The van der Waals surface area contributed by atoms with Crippen molar-refractivity contribution in [1.82, 2.24) is 4.90 Å². The fourth-order valence-electron chi connectivity index (χ4n) is 3.32. The van der Waals surface area contributed by atoms with E-state index in [2.05, 4.69) is 4.90 Å². The van der Waals surface area contributed by atoms with Gasteiger partial charge in [0.2, 0.25) is 0 Å². The summed E-state index contributed by atoms with van der Waals surface area (Å²) in [6.07, 6.45) is 7.60. The van der Waals surface area contributed by atoms with Crippen LogP contribution < -0.4 is 12.4 Å². The summed E-state index contributed by atoms with van der Waals surface area (Å²) in [5.74, 6) is 0. The van der Waals surface area contributed by atoms with Crippen molar-refractivity contribution in [2.24, 2.45) is 0 Å². The fourth-order valence-corrected chi connectivity index (χ4v) is 3.32. The maximum absolute atomic E-state index is 11.4. The first-order valence-electron chi connectivity index (χ1n) is 7.14. The van der Waals surface area contributed by atoms with E-state index in [0.29, 0.717) is 25.7 Å². The lowest BCUT2D eigenvalue weighted by molar-refractivity contribution is -0.583. The molecule has 1 aliphatic carbocycles. The van der Waals surface area contributed by atoms with Gasteiger partial charge in [0.05, 0.1) is 13.3 Å². The van der Waals surface area contributed by atoms with Gasteiger partial charge >= 0.3 is 0 Å². The lowest BCUT2D eigenvalue weighted by Crippen LogP contribution is -3.00. The predicted molar refractivity (Wildman–Crippen MR) is 69.0 cm³/mol. The normalized spacial score (nSPS) is 29.7. The maximum Gasteiger partial charge on any atom is 0.257 e. The number of hydrogen-bond donors (Lipinski definition) is 0. The lowest BCUT2D eigenvalue weighted by Gasteiger charge is -2.41. The van der Waals surface area contributed by atoms with E-state index >= 15 is 0 Å². The number of nitro groups is 1. The highest BCUT2D eigenvalue weighted by atomic mass is 35.5. The topological polar surface area (TPSA) is 55.6 Å². The Labute approximate surface area is 121 Å². The first-order valence-corrected chi connectivity index (χ1v) is 7.14. The van der Waals surface area contributed by atoms with Crippen LogP contribution in [0, 0.1) is 10.1 Å². The van der Waals surface area contributed by atoms with Gasteiger partial charge in [0.1, 0.15) is 6.61 Å². The first kappa shape index (κ1) is 16.7. The van der Waals surface area contributed by atoms with E-state index in [1.54, 1.807) is 0 Å². The van der Waals surface area contributed by atoms with Crippen molar-refractivity contribution in [1.29, 1.82) is 0 Å². The van der Waals surface area contributed by atoms with Crippen molar-refractivity contribution in [2.75, 3.05) is 19.9 Å². The van der Waals surface area contributed by atoms with Gasteiger partial charge < -0.3 is 17.1 Å². The van der Waals surface area contributed by atoms with Crippen LogP contribution in [0.15, 0.2) is 0 Å². The van der Waals surface area contributed by atoms with Crippen LogP contribution in [0.1, 0.15) is 51.9 Å². The van der Waals surface area contributed by atoms with Crippen molar-refractivity contribution < 1.29 is 22.1 Å². The van der Waals surface area contributed by atoms with E-state index in [4.69, 9.17) is 4.74 Å². The summed E-state index contributed by atoms with van der Waals surface area (Å²) in [6, 6.07) is 0.496. The molecule has 1 aliphatic heterocycles. The van der Waals surface area contributed by atoms with Crippen molar-refractivity contribution >= 4 is 0 Å². The van der Waals surface area contributed by atoms with Gasteiger partial charge in [-0.1, -0.05) is 26.2 Å². The molecule has 1 heterocycles. The van der Waals surface area contributed by atoms with Crippen LogP contribution >= 0.6 is 0 Å². The molecule has 1 unspecified atom stereocenters. The van der Waals surface area contributed by atoms with Gasteiger partial charge in [0, 0.05) is 17.4 Å². The Morgan fingerprint density at radius 1 is 1.37 bits per heavy atom. The number of rotatable bonds is 4. The van der Waals surface area contributed by atoms with E-state index in [9.17, 15) is 10.1 Å². The second-order valence-electron chi connectivity index (χ2n) is 5.75. The Balaban J connectivity index is 0.00000180. The molecule has 0 radical (unpaired) electrons. The van der Waals surface area contributed by atoms with E-state index in [1.807, 2.05) is 6.92 Å². The minimum atomic E-state index is -0.871. The number of hydrogen-bond acceptors (Lipinski definition) is 4. The van der Waals surface area contributed by atoms with E-state index in [-0.39, 0.29) is 23.9 Å². The van der Waals surface area contributed by atoms with Gasteiger partial charge in [-0.05, 0) is 19.3 Å². The summed E-state index contributed by atoms with van der Waals surface area (Å²) in [7, 11) is 0. The lowest BCUT2D eigenvalue weighted by atomic mass is 9.89. The highest BCUT2D eigenvalue weighted by Gasteiger charge is 2.47. The molecule has 0 aromatic rings. The van der Waals surface area contributed by atoms with Crippen LogP contribution in [-0.4, -0.2) is 41.3 Å². The van der Waals surface area contributed by atoms with Crippen molar-refractivity contribution in [3.05, 3.63) is 10.1 Å². The second kappa shape index (κ2) is 7.41. The monoisotopic (exact) mass is 291 g/mol. The minimum absolute atomic E-state index is 0. The van der Waals surface area contributed by atoms with Gasteiger partial charge in [0.25, 0.3) is 5.54 Å². The Kier molecular flexibility index (Phi) is 6.50. The van der Waals surface area contributed by atoms with E-state index in [1.165, 1.54) is 32.1 Å². The van der Waals surface area contributed by atoms with Crippen molar-refractivity contribution in [3.63, 3.8) is 0 Å². The molecule has 6 heteroatoms. The van der Waals surface area contributed by atoms with Crippen LogP contribution in [0.2, 0.25) is 0 Å². The molecular weight excluding hydrogens is 268 g/mol. The molecule has 19 heavy (non-hydrogen) atoms. The summed E-state index contributed by atoms with van der Waals surface area (Å²) >= 11 is 0. The van der Waals surface area contributed by atoms with E-state index in [0.717, 1.165) is 6.42 Å². The molecule has 2 rings (SSSR count). The van der Waals surface area contributed by atoms with Crippen LogP contribution in [0.3, 0.4) is 0 Å². The van der Waals surface area contributed by atoms with Crippen LogP contribution in [-0.2, 0) is 4.74 Å². The quantitative estimate of drug-likeness (QED) is 0.514. The van der Waals surface area contributed by atoms with Crippen LogP contribution in [0.25, 0.3) is 0 Å². The van der Waals surface area contributed by atoms with Gasteiger partial charge in [-0.25, -0.2) is 0 Å². The maximum atomic E-state index is 11.4. The largest absolute Gasteiger partial charge is 1.00 e. The molecule has 0 spiro atoms. The summed E-state index contributed by atoms with van der Waals surface area (Å²) in [5.41, 5.74) is -0.871. The minimum Gasteiger partial charge on any atom is -1.00 e. The molecule has 0 N–H and O–H groups in total. The zero-order valence-corrected chi connectivity index (χ0v) is 12.4. The molecule has 2 aliphatic rings. The predicted octanol–water partition coefficient (Wildman–Crippen LogP) is -0.572. The standard InChI is InChI=1S/C13H24N2O3.ClH/c1-2-8-13(15(16)17)9-14(11-18-10-13)12-6-4-3-5-7-12;/h12H,2-11H2,1H3;1H/p-1. The Morgan fingerprint density at radius 3 is 2.63 bits per heavy atom. The molecule has 0 aromatic carbocycles. The third-order valence-electron chi connectivity index (χ3n) is 4.32. The summed E-state index contributed by atoms with van der Waals surface area (Å²) < 4.78 is 5.55. The highest BCUT2D eigenvalue weighted by Crippen LogP contribution is 2.29. The molecule has 0 aromatic heterocycles. The highest BCUT2D eigenvalue weighted by molar-refractivity contribution is 4.88. The fraction of sp³-hybridized carbons (Fsp3) is 1.00. The van der Waals surface area contributed by atoms with Gasteiger partial charge in [-0.2, -0.15) is 0 Å². The van der Waals surface area contributed by atoms with Gasteiger partial charge in [-0.15, -0.1) is 0 Å². The summed E-state index contributed by atoms with van der Waals surface area (Å²) in [5, 5.41) is 11.4. The van der Waals surface area contributed by atoms with Crippen molar-refractivity contribution in [3.8, 4) is 0 Å². The number of nitrogens with zero attached hydrogens (tertiary/aromatic N) is 2. The average molecular weight is 292 g/mol. The summed E-state index contributed by atoms with van der Waals surface area (Å²) in [4.78, 5) is 13.5. The smallest absolute Gasteiger partial charge is 0.257 e. The molecule has 1 saturated carbocycles. The van der Waals surface area contributed by atoms with Crippen LogP contribution in [0.4, 0.5) is 0 Å². The van der Waals surface area contributed by atoms with E-state index < -0.39 is 5.54 Å².